The van der Waals surface area contributed by atoms with E-state index in [1.54, 1.807) is 0 Å². The lowest BCUT2D eigenvalue weighted by Crippen LogP contribution is -2.33. The first-order chi connectivity index (χ1) is 8.54. The maximum Gasteiger partial charge on any atom is 0.251 e. The molecule has 5 heteroatoms. The second-order valence-corrected chi connectivity index (χ2v) is 5.49. The van der Waals surface area contributed by atoms with Crippen LogP contribution in [0.4, 0.5) is 10.1 Å². The van der Waals surface area contributed by atoms with Gasteiger partial charge in [0.25, 0.3) is 5.91 Å². The number of nitrogens with one attached hydrogen (secondary N) is 1. The van der Waals surface area contributed by atoms with E-state index in [9.17, 15) is 9.18 Å². The van der Waals surface area contributed by atoms with E-state index in [4.69, 9.17) is 5.73 Å². The largest absolute Gasteiger partial charge is 0.396 e. The number of carbonyl (C=O) groups excluding carboxylic acids is 1. The van der Waals surface area contributed by atoms with E-state index < -0.39 is 5.82 Å². The third kappa shape index (κ3) is 4.56. The Morgan fingerprint density at radius 1 is 1.56 bits per heavy atom. The minimum absolute atomic E-state index is 0.00292. The molecule has 1 aromatic carbocycles. The second kappa shape index (κ2) is 7.26. The van der Waals surface area contributed by atoms with Crippen LogP contribution in [0.2, 0.25) is 0 Å². The van der Waals surface area contributed by atoms with E-state index in [0.717, 1.165) is 17.9 Å². The summed E-state index contributed by atoms with van der Waals surface area (Å²) in [5, 5.41) is 2.87. The molecule has 18 heavy (non-hydrogen) atoms. The summed E-state index contributed by atoms with van der Waals surface area (Å²) in [4.78, 5) is 11.9. The highest BCUT2D eigenvalue weighted by Gasteiger charge is 2.11. The molecule has 1 rings (SSSR count). The number of anilines is 1. The summed E-state index contributed by atoms with van der Waals surface area (Å²) < 4.78 is 13.0. The number of hydrogen-bond acceptors (Lipinski definition) is 3. The van der Waals surface area contributed by atoms with Crippen LogP contribution in [0.5, 0.6) is 0 Å². The van der Waals surface area contributed by atoms with Gasteiger partial charge in [-0.05, 0) is 43.0 Å². The Balaban J connectivity index is 2.51. The third-order valence-corrected chi connectivity index (χ3v) is 3.47. The van der Waals surface area contributed by atoms with Crippen molar-refractivity contribution in [2.75, 3.05) is 17.2 Å². The number of nitrogen functional groups attached to an aromatic ring is 1. The van der Waals surface area contributed by atoms with Crippen LogP contribution >= 0.6 is 11.8 Å². The van der Waals surface area contributed by atoms with E-state index in [1.165, 1.54) is 18.2 Å². The molecule has 0 radical (unpaired) electrons. The van der Waals surface area contributed by atoms with Crippen molar-refractivity contribution in [1.82, 2.24) is 5.32 Å². The van der Waals surface area contributed by atoms with Gasteiger partial charge in [-0.15, -0.1) is 0 Å². The van der Waals surface area contributed by atoms with Gasteiger partial charge in [-0.2, -0.15) is 11.8 Å². The molecule has 0 saturated carbocycles. The molecule has 1 unspecified atom stereocenters. The Labute approximate surface area is 111 Å². The first kappa shape index (κ1) is 14.8. The van der Waals surface area contributed by atoms with E-state index >= 15 is 0 Å². The molecule has 0 fully saturated rings. The zero-order valence-electron chi connectivity index (χ0n) is 10.7. The van der Waals surface area contributed by atoms with Crippen molar-refractivity contribution in [3.63, 3.8) is 0 Å². The normalized spacial score (nSPS) is 12.2. The molecule has 0 aliphatic carbocycles. The number of amides is 1. The zero-order valence-corrected chi connectivity index (χ0v) is 11.5. The van der Waals surface area contributed by atoms with Crippen molar-refractivity contribution in [1.29, 1.82) is 0 Å². The summed E-state index contributed by atoms with van der Waals surface area (Å²) in [5.41, 5.74) is 5.82. The van der Waals surface area contributed by atoms with Gasteiger partial charge in [0, 0.05) is 11.6 Å². The minimum atomic E-state index is -0.501. The Kier molecular flexibility index (Phi) is 5.98. The fourth-order valence-corrected chi connectivity index (χ4v) is 2.28. The SMILES string of the molecule is CCSCCC(C)NC(=O)c1ccc(F)c(N)c1. The second-order valence-electron chi connectivity index (χ2n) is 4.10. The highest BCUT2D eigenvalue weighted by molar-refractivity contribution is 7.99. The number of thioether (sulfide) groups is 1. The Bertz CT molecular complexity index is 412. The smallest absolute Gasteiger partial charge is 0.251 e. The highest BCUT2D eigenvalue weighted by Crippen LogP contribution is 2.12. The van der Waals surface area contributed by atoms with Gasteiger partial charge in [0.05, 0.1) is 5.69 Å². The molecule has 0 aromatic heterocycles. The van der Waals surface area contributed by atoms with Crippen LogP contribution < -0.4 is 11.1 Å². The molecule has 3 nitrogen and oxygen atoms in total. The van der Waals surface area contributed by atoms with Crippen LogP contribution in [0.25, 0.3) is 0 Å². The number of benzene rings is 1. The van der Waals surface area contributed by atoms with Gasteiger partial charge in [-0.25, -0.2) is 4.39 Å². The van der Waals surface area contributed by atoms with Crippen molar-refractivity contribution in [2.24, 2.45) is 0 Å². The lowest BCUT2D eigenvalue weighted by molar-refractivity contribution is 0.0939. The van der Waals surface area contributed by atoms with Crippen molar-refractivity contribution in [3.8, 4) is 0 Å². The van der Waals surface area contributed by atoms with E-state index in [-0.39, 0.29) is 17.6 Å². The van der Waals surface area contributed by atoms with Crippen LogP contribution in [0.3, 0.4) is 0 Å². The monoisotopic (exact) mass is 270 g/mol. The molecule has 0 bridgehead atoms. The molecule has 1 aromatic rings. The van der Waals surface area contributed by atoms with Gasteiger partial charge >= 0.3 is 0 Å². The Hall–Kier alpha value is -1.23. The molecular formula is C13H19FN2OS. The van der Waals surface area contributed by atoms with Gasteiger partial charge in [-0.1, -0.05) is 6.92 Å². The molecule has 0 aliphatic rings. The quantitative estimate of drug-likeness (QED) is 0.617. The summed E-state index contributed by atoms with van der Waals surface area (Å²) in [6.07, 6.45) is 0.918. The average molecular weight is 270 g/mol. The Morgan fingerprint density at radius 3 is 2.89 bits per heavy atom. The zero-order chi connectivity index (χ0) is 13.5. The lowest BCUT2D eigenvalue weighted by Gasteiger charge is -2.13. The first-order valence-corrected chi connectivity index (χ1v) is 7.13. The van der Waals surface area contributed by atoms with Crippen LogP contribution in [-0.4, -0.2) is 23.5 Å². The molecule has 1 amide bonds. The van der Waals surface area contributed by atoms with Gasteiger partial charge in [0.2, 0.25) is 0 Å². The van der Waals surface area contributed by atoms with Crippen LogP contribution in [0.15, 0.2) is 18.2 Å². The lowest BCUT2D eigenvalue weighted by atomic mass is 10.1. The van der Waals surface area contributed by atoms with Gasteiger partial charge in [-0.3, -0.25) is 4.79 Å². The molecule has 0 saturated heterocycles. The molecule has 0 heterocycles. The van der Waals surface area contributed by atoms with Gasteiger partial charge in [0.1, 0.15) is 5.82 Å². The standard InChI is InChI=1S/C13H19FN2OS/c1-3-18-7-6-9(2)16-13(17)10-4-5-11(14)12(15)8-10/h4-5,8-9H,3,6-7,15H2,1-2H3,(H,16,17). The molecular weight excluding hydrogens is 251 g/mol. The van der Waals surface area contributed by atoms with Crippen molar-refractivity contribution >= 4 is 23.4 Å². The van der Waals surface area contributed by atoms with Crippen molar-refractivity contribution < 1.29 is 9.18 Å². The molecule has 0 spiro atoms. The number of hydrogen-bond donors (Lipinski definition) is 2. The van der Waals surface area contributed by atoms with Gasteiger partial charge in [0.15, 0.2) is 0 Å². The highest BCUT2D eigenvalue weighted by atomic mass is 32.2. The average Bonchev–Trinajstić information content (AvgIpc) is 2.33. The van der Waals surface area contributed by atoms with Crippen molar-refractivity contribution in [2.45, 2.75) is 26.3 Å². The minimum Gasteiger partial charge on any atom is -0.396 e. The fourth-order valence-electron chi connectivity index (χ4n) is 1.47. The van der Waals surface area contributed by atoms with Crippen LogP contribution in [0, 0.1) is 5.82 Å². The van der Waals surface area contributed by atoms with E-state index in [1.807, 2.05) is 18.7 Å². The molecule has 0 aliphatic heterocycles. The number of rotatable bonds is 6. The summed E-state index contributed by atoms with van der Waals surface area (Å²) >= 11 is 1.84. The Morgan fingerprint density at radius 2 is 2.28 bits per heavy atom. The third-order valence-electron chi connectivity index (χ3n) is 2.54. The fraction of sp³-hybridized carbons (Fsp3) is 0.462. The summed E-state index contributed by atoms with van der Waals surface area (Å²) in [7, 11) is 0. The number of carbonyl (C=O) groups is 1. The summed E-state index contributed by atoms with van der Waals surface area (Å²) in [5.74, 6) is 1.38. The number of nitrogens with two attached hydrogens (primary N) is 1. The maximum absolute atomic E-state index is 13.0. The maximum atomic E-state index is 13.0. The molecule has 100 valence electrons. The van der Waals surface area contributed by atoms with E-state index in [0.29, 0.717) is 5.56 Å². The predicted octanol–water partition coefficient (Wildman–Crippen LogP) is 2.67. The summed E-state index contributed by atoms with van der Waals surface area (Å²) in [6, 6.07) is 4.11. The first-order valence-electron chi connectivity index (χ1n) is 5.98. The molecule has 1 atom stereocenters. The van der Waals surface area contributed by atoms with E-state index in [2.05, 4.69) is 12.2 Å². The van der Waals surface area contributed by atoms with Crippen molar-refractivity contribution in [3.05, 3.63) is 29.6 Å². The predicted molar refractivity (Wildman–Crippen MR) is 75.4 cm³/mol. The van der Waals surface area contributed by atoms with Crippen LogP contribution in [0.1, 0.15) is 30.6 Å². The topological polar surface area (TPSA) is 55.1 Å². The summed E-state index contributed by atoms with van der Waals surface area (Å²) in [6.45, 7) is 4.07. The van der Waals surface area contributed by atoms with Gasteiger partial charge < -0.3 is 11.1 Å². The van der Waals surface area contributed by atoms with Crippen LogP contribution in [-0.2, 0) is 0 Å². The number of halogens is 1. The molecule has 3 N–H and O–H groups in total.